The van der Waals surface area contributed by atoms with E-state index in [-0.39, 0.29) is 11.9 Å². The zero-order chi connectivity index (χ0) is 15.4. The second kappa shape index (κ2) is 7.10. The topological polar surface area (TPSA) is 12.0 Å². The molecule has 0 bridgehead atoms. The summed E-state index contributed by atoms with van der Waals surface area (Å²) >= 11 is 1.71. The monoisotopic (exact) mass is 303 g/mol. The van der Waals surface area contributed by atoms with E-state index in [9.17, 15) is 4.39 Å². The Balaban J connectivity index is 2.41. The molecule has 0 aliphatic heterocycles. The maximum absolute atomic E-state index is 13.9. The predicted octanol–water partition coefficient (Wildman–Crippen LogP) is 5.26. The third-order valence-corrected chi connectivity index (χ3v) is 4.83. The second-order valence-electron chi connectivity index (χ2n) is 5.29. The van der Waals surface area contributed by atoms with Crippen molar-refractivity contribution in [2.45, 2.75) is 43.5 Å². The third kappa shape index (κ3) is 3.86. The van der Waals surface area contributed by atoms with Gasteiger partial charge in [-0.15, -0.1) is 0 Å². The highest BCUT2D eigenvalue weighted by Crippen LogP contribution is 2.36. The quantitative estimate of drug-likeness (QED) is 0.808. The van der Waals surface area contributed by atoms with E-state index in [1.54, 1.807) is 17.8 Å². The molecule has 0 saturated heterocycles. The van der Waals surface area contributed by atoms with E-state index in [1.165, 1.54) is 10.5 Å². The van der Waals surface area contributed by atoms with E-state index in [0.717, 1.165) is 17.0 Å². The zero-order valence-corrected chi connectivity index (χ0v) is 13.9. The Kier molecular flexibility index (Phi) is 5.43. The SMILES string of the molecule is CCNC(C)c1cc(F)c(C)cc1Sc1ccccc1C. The van der Waals surface area contributed by atoms with Crippen LogP contribution in [-0.4, -0.2) is 6.54 Å². The number of hydrogen-bond donors (Lipinski definition) is 1. The van der Waals surface area contributed by atoms with Gasteiger partial charge in [-0.1, -0.05) is 36.9 Å². The van der Waals surface area contributed by atoms with Crippen LogP contribution in [-0.2, 0) is 0 Å². The molecule has 3 heteroatoms. The van der Waals surface area contributed by atoms with Crippen LogP contribution in [0.3, 0.4) is 0 Å². The summed E-state index contributed by atoms with van der Waals surface area (Å²) in [5, 5.41) is 3.37. The van der Waals surface area contributed by atoms with Crippen molar-refractivity contribution in [1.29, 1.82) is 0 Å². The lowest BCUT2D eigenvalue weighted by molar-refractivity contribution is 0.571. The lowest BCUT2D eigenvalue weighted by Gasteiger charge is -2.18. The molecular weight excluding hydrogens is 281 g/mol. The van der Waals surface area contributed by atoms with Gasteiger partial charge in [0.15, 0.2) is 0 Å². The minimum absolute atomic E-state index is 0.135. The Labute approximate surface area is 131 Å². The molecule has 0 radical (unpaired) electrons. The number of nitrogens with one attached hydrogen (secondary N) is 1. The van der Waals surface area contributed by atoms with Crippen LogP contribution < -0.4 is 5.32 Å². The lowest BCUT2D eigenvalue weighted by atomic mass is 10.1. The standard InChI is InChI=1S/C18H22FNS/c1-5-20-14(4)15-11-16(19)13(3)10-18(15)21-17-9-7-6-8-12(17)2/h6-11,14,20H,5H2,1-4H3. The van der Waals surface area contributed by atoms with Crippen LogP contribution in [0.1, 0.15) is 36.6 Å². The summed E-state index contributed by atoms with van der Waals surface area (Å²) in [6.45, 7) is 8.93. The first-order chi connectivity index (χ1) is 10.0. The van der Waals surface area contributed by atoms with E-state index in [1.807, 2.05) is 25.1 Å². The maximum Gasteiger partial charge on any atom is 0.126 e. The highest BCUT2D eigenvalue weighted by Gasteiger charge is 2.14. The average Bonchev–Trinajstić information content (AvgIpc) is 2.45. The fourth-order valence-corrected chi connectivity index (χ4v) is 3.50. The van der Waals surface area contributed by atoms with Crippen LogP contribution in [0.4, 0.5) is 4.39 Å². The average molecular weight is 303 g/mol. The van der Waals surface area contributed by atoms with Gasteiger partial charge in [0.05, 0.1) is 0 Å². The third-order valence-electron chi connectivity index (χ3n) is 3.58. The van der Waals surface area contributed by atoms with Crippen LogP contribution in [0.25, 0.3) is 0 Å². The molecule has 112 valence electrons. The van der Waals surface area contributed by atoms with E-state index in [4.69, 9.17) is 0 Å². The second-order valence-corrected chi connectivity index (χ2v) is 6.37. The summed E-state index contributed by atoms with van der Waals surface area (Å²) in [5.74, 6) is -0.135. The van der Waals surface area contributed by atoms with Gasteiger partial charge in [0.2, 0.25) is 0 Å². The molecule has 2 aromatic carbocycles. The molecule has 2 aromatic rings. The van der Waals surface area contributed by atoms with Gasteiger partial charge in [-0.05, 0) is 62.2 Å². The van der Waals surface area contributed by atoms with E-state index in [0.29, 0.717) is 5.56 Å². The molecule has 1 unspecified atom stereocenters. The molecule has 1 N–H and O–H groups in total. The summed E-state index contributed by atoms with van der Waals surface area (Å²) in [7, 11) is 0. The number of aryl methyl sites for hydroxylation is 2. The van der Waals surface area contributed by atoms with Crippen LogP contribution in [0, 0.1) is 19.7 Å². The summed E-state index contributed by atoms with van der Waals surface area (Å²) in [4.78, 5) is 2.34. The molecule has 0 saturated carbocycles. The predicted molar refractivity (Wildman–Crippen MR) is 88.5 cm³/mol. The Hall–Kier alpha value is -1.32. The number of hydrogen-bond acceptors (Lipinski definition) is 2. The van der Waals surface area contributed by atoms with Crippen LogP contribution >= 0.6 is 11.8 Å². The van der Waals surface area contributed by atoms with Crippen molar-refractivity contribution in [2.75, 3.05) is 6.54 Å². The molecule has 21 heavy (non-hydrogen) atoms. The minimum Gasteiger partial charge on any atom is -0.310 e. The molecule has 0 aliphatic rings. The smallest absolute Gasteiger partial charge is 0.126 e. The largest absolute Gasteiger partial charge is 0.310 e. The fourth-order valence-electron chi connectivity index (χ4n) is 2.30. The molecule has 0 fully saturated rings. The molecule has 0 aromatic heterocycles. The summed E-state index contributed by atoms with van der Waals surface area (Å²) < 4.78 is 13.9. The van der Waals surface area contributed by atoms with Gasteiger partial charge in [-0.25, -0.2) is 4.39 Å². The summed E-state index contributed by atoms with van der Waals surface area (Å²) in [5.41, 5.74) is 2.96. The van der Waals surface area contributed by atoms with Crippen molar-refractivity contribution in [3.63, 3.8) is 0 Å². The Bertz CT molecular complexity index is 625. The van der Waals surface area contributed by atoms with Gasteiger partial charge < -0.3 is 5.32 Å². The molecule has 2 rings (SSSR count). The first-order valence-corrected chi connectivity index (χ1v) is 8.11. The van der Waals surface area contributed by atoms with E-state index < -0.39 is 0 Å². The molecule has 0 aliphatic carbocycles. The van der Waals surface area contributed by atoms with Crippen LogP contribution in [0.2, 0.25) is 0 Å². The van der Waals surface area contributed by atoms with Gasteiger partial charge in [0.1, 0.15) is 5.82 Å². The van der Waals surface area contributed by atoms with E-state index >= 15 is 0 Å². The number of rotatable bonds is 5. The van der Waals surface area contributed by atoms with Gasteiger partial charge in [0, 0.05) is 15.8 Å². The molecular formula is C18H22FNS. The van der Waals surface area contributed by atoms with Crippen molar-refractivity contribution in [3.05, 3.63) is 58.9 Å². The van der Waals surface area contributed by atoms with Gasteiger partial charge in [-0.3, -0.25) is 0 Å². The molecule has 1 atom stereocenters. The number of halogens is 1. The van der Waals surface area contributed by atoms with Crippen molar-refractivity contribution in [2.24, 2.45) is 0 Å². The molecule has 1 nitrogen and oxygen atoms in total. The highest BCUT2D eigenvalue weighted by molar-refractivity contribution is 7.99. The Morgan fingerprint density at radius 1 is 1.10 bits per heavy atom. The van der Waals surface area contributed by atoms with E-state index in [2.05, 4.69) is 38.2 Å². The highest BCUT2D eigenvalue weighted by atomic mass is 32.2. The van der Waals surface area contributed by atoms with Gasteiger partial charge in [0.25, 0.3) is 0 Å². The normalized spacial score (nSPS) is 12.4. The van der Waals surface area contributed by atoms with Gasteiger partial charge in [-0.2, -0.15) is 0 Å². The molecule has 0 heterocycles. The summed E-state index contributed by atoms with van der Waals surface area (Å²) in [6, 6.07) is 12.1. The van der Waals surface area contributed by atoms with Crippen LogP contribution in [0.15, 0.2) is 46.2 Å². The molecule has 0 spiro atoms. The Morgan fingerprint density at radius 2 is 1.81 bits per heavy atom. The van der Waals surface area contributed by atoms with Crippen molar-refractivity contribution in [3.8, 4) is 0 Å². The van der Waals surface area contributed by atoms with Crippen LogP contribution in [0.5, 0.6) is 0 Å². The zero-order valence-electron chi connectivity index (χ0n) is 13.0. The minimum atomic E-state index is -0.135. The lowest BCUT2D eigenvalue weighted by Crippen LogP contribution is -2.18. The van der Waals surface area contributed by atoms with Crippen molar-refractivity contribution in [1.82, 2.24) is 5.32 Å². The maximum atomic E-state index is 13.9. The summed E-state index contributed by atoms with van der Waals surface area (Å²) in [6.07, 6.45) is 0. The van der Waals surface area contributed by atoms with Gasteiger partial charge >= 0.3 is 0 Å². The van der Waals surface area contributed by atoms with Crippen molar-refractivity contribution < 1.29 is 4.39 Å². The fraction of sp³-hybridized carbons (Fsp3) is 0.333. The first-order valence-electron chi connectivity index (χ1n) is 7.29. The first kappa shape index (κ1) is 16.1. The number of benzene rings is 2. The van der Waals surface area contributed by atoms with Crippen molar-refractivity contribution >= 4 is 11.8 Å². The molecule has 0 amide bonds. The Morgan fingerprint density at radius 3 is 2.48 bits per heavy atom.